The average molecular weight is 472 g/mol. The highest BCUT2D eigenvalue weighted by molar-refractivity contribution is 6.02. The summed E-state index contributed by atoms with van der Waals surface area (Å²) in [5.41, 5.74) is 13.0. The molecule has 184 valence electrons. The van der Waals surface area contributed by atoms with Crippen molar-refractivity contribution in [3.63, 3.8) is 0 Å². The maximum atomic E-state index is 12.7. The number of aromatic nitrogens is 1. The van der Waals surface area contributed by atoms with Gasteiger partial charge in [0.2, 0.25) is 5.91 Å². The molecular weight excluding hydrogens is 434 g/mol. The molecule has 2 amide bonds. The van der Waals surface area contributed by atoms with E-state index in [-0.39, 0.29) is 11.8 Å². The topological polar surface area (TPSA) is 68.3 Å². The summed E-state index contributed by atoms with van der Waals surface area (Å²) in [6.45, 7) is 6.61. The Morgan fingerprint density at radius 3 is 2.23 bits per heavy atom. The van der Waals surface area contributed by atoms with Gasteiger partial charge in [-0.05, 0) is 49.3 Å². The van der Waals surface area contributed by atoms with Crippen LogP contribution in [0.5, 0.6) is 0 Å². The van der Waals surface area contributed by atoms with Gasteiger partial charge >= 0.3 is 0 Å². The van der Waals surface area contributed by atoms with Gasteiger partial charge in [0.05, 0.1) is 5.56 Å². The van der Waals surface area contributed by atoms with E-state index in [4.69, 9.17) is 5.73 Å². The van der Waals surface area contributed by atoms with Gasteiger partial charge in [-0.3, -0.25) is 9.59 Å². The van der Waals surface area contributed by atoms with Gasteiger partial charge in [0, 0.05) is 43.0 Å². The van der Waals surface area contributed by atoms with Crippen molar-refractivity contribution in [3.8, 4) is 22.3 Å². The monoisotopic (exact) mass is 471 g/mol. The first-order valence-electron chi connectivity index (χ1n) is 13.0. The first-order valence-corrected chi connectivity index (χ1v) is 13.0. The molecule has 0 saturated carbocycles. The fourth-order valence-corrected chi connectivity index (χ4v) is 5.34. The molecule has 0 aliphatic carbocycles. The van der Waals surface area contributed by atoms with E-state index < -0.39 is 0 Å². The number of nitrogens with zero attached hydrogens (tertiary/aromatic N) is 2. The Kier molecular flexibility index (Phi) is 8.06. The number of amides is 2. The predicted molar refractivity (Wildman–Crippen MR) is 142 cm³/mol. The Balaban J connectivity index is 1.69. The van der Waals surface area contributed by atoms with E-state index in [1.807, 2.05) is 30.0 Å². The van der Waals surface area contributed by atoms with Gasteiger partial charge in [-0.2, -0.15) is 0 Å². The van der Waals surface area contributed by atoms with Crippen LogP contribution in [-0.4, -0.2) is 34.4 Å². The molecule has 2 N–H and O–H groups in total. The lowest BCUT2D eigenvalue weighted by Gasteiger charge is -2.18. The second-order valence-electron chi connectivity index (χ2n) is 9.54. The fourth-order valence-electron chi connectivity index (χ4n) is 5.34. The van der Waals surface area contributed by atoms with E-state index in [1.54, 1.807) is 0 Å². The molecule has 0 bridgehead atoms. The first-order chi connectivity index (χ1) is 17.0. The van der Waals surface area contributed by atoms with Gasteiger partial charge in [-0.15, -0.1) is 0 Å². The van der Waals surface area contributed by atoms with Gasteiger partial charge in [-0.25, -0.2) is 0 Å². The Bertz CT molecular complexity index is 1160. The summed E-state index contributed by atoms with van der Waals surface area (Å²) < 4.78 is 2.29. The van der Waals surface area contributed by atoms with Crippen LogP contribution in [0.2, 0.25) is 0 Å². The highest BCUT2D eigenvalue weighted by atomic mass is 16.2. The van der Waals surface area contributed by atoms with E-state index in [0.29, 0.717) is 12.0 Å². The number of nitrogens with two attached hydrogens (primary N) is 1. The highest BCUT2D eigenvalue weighted by Gasteiger charge is 2.25. The molecule has 5 heteroatoms. The van der Waals surface area contributed by atoms with Gasteiger partial charge in [0.15, 0.2) is 0 Å². The van der Waals surface area contributed by atoms with Crippen LogP contribution in [-0.2, 0) is 17.8 Å². The van der Waals surface area contributed by atoms with Crippen molar-refractivity contribution in [1.29, 1.82) is 0 Å². The summed E-state index contributed by atoms with van der Waals surface area (Å²) in [7, 11) is 0. The second kappa shape index (κ2) is 11.4. The van der Waals surface area contributed by atoms with Crippen molar-refractivity contribution < 1.29 is 9.59 Å². The number of carbonyl (C=O) groups is 2. The summed E-state index contributed by atoms with van der Waals surface area (Å²) in [5, 5.41) is 0. The third-order valence-corrected chi connectivity index (χ3v) is 7.16. The molecule has 1 saturated heterocycles. The fraction of sp³-hybridized carbons (Fsp3) is 0.400. The lowest BCUT2D eigenvalue weighted by Crippen LogP contribution is -2.26. The zero-order valence-electron chi connectivity index (χ0n) is 21.1. The van der Waals surface area contributed by atoms with Crippen LogP contribution < -0.4 is 5.73 Å². The number of carbonyl (C=O) groups excluding carboxylic acids is 2. The molecule has 3 aromatic rings. The van der Waals surface area contributed by atoms with E-state index in [0.717, 1.165) is 80.5 Å². The van der Waals surface area contributed by atoms with Crippen molar-refractivity contribution in [2.45, 2.75) is 65.3 Å². The van der Waals surface area contributed by atoms with Crippen LogP contribution in [0.1, 0.15) is 67.2 Å². The number of hydrogen-bond acceptors (Lipinski definition) is 2. The zero-order chi connectivity index (χ0) is 24.8. The zero-order valence-corrected chi connectivity index (χ0v) is 21.1. The second-order valence-corrected chi connectivity index (χ2v) is 9.54. The number of unbranched alkanes of at least 4 members (excludes halogenated alkanes) is 2. The molecule has 35 heavy (non-hydrogen) atoms. The molecule has 0 atom stereocenters. The lowest BCUT2D eigenvalue weighted by atomic mass is 9.95. The normalized spacial score (nSPS) is 13.5. The minimum Gasteiger partial charge on any atom is -0.366 e. The molecule has 0 spiro atoms. The first kappa shape index (κ1) is 24.8. The van der Waals surface area contributed by atoms with Crippen LogP contribution in [0.4, 0.5) is 0 Å². The van der Waals surface area contributed by atoms with Crippen molar-refractivity contribution in [2.24, 2.45) is 5.73 Å². The molecule has 1 fully saturated rings. The Labute approximate surface area is 208 Å². The molecule has 0 radical (unpaired) electrons. The van der Waals surface area contributed by atoms with Gasteiger partial charge in [-0.1, -0.05) is 74.4 Å². The number of likely N-dealkylation sites (tertiary alicyclic amines) is 1. The van der Waals surface area contributed by atoms with Crippen molar-refractivity contribution in [2.75, 3.05) is 13.1 Å². The molecular formula is C30H37N3O2. The number of primary amides is 1. The molecule has 4 rings (SSSR count). The van der Waals surface area contributed by atoms with E-state index in [2.05, 4.69) is 47.9 Å². The standard InChI is InChI=1S/C30H37N3O2/c1-3-4-6-13-26-29(25-17-15-24(16-18-25)23-11-7-5-8-12-23)28(30(31)35)22(2)33(26)21-10-20-32-19-9-14-27(32)34/h5,7-8,11-12,15-18H,3-4,6,9-10,13-14,19-21H2,1-2H3,(H2,31,35). The third kappa shape index (κ3) is 5.50. The Hall–Kier alpha value is -3.34. The average Bonchev–Trinajstić information content (AvgIpc) is 3.40. The summed E-state index contributed by atoms with van der Waals surface area (Å²) in [6.07, 6.45) is 6.74. The SMILES string of the molecule is CCCCCc1c(-c2ccc(-c3ccccc3)cc2)c(C(N)=O)c(C)n1CCCN1CCCC1=O. The summed E-state index contributed by atoms with van der Waals surface area (Å²) >= 11 is 0. The lowest BCUT2D eigenvalue weighted by molar-refractivity contribution is -0.127. The molecule has 0 unspecified atom stereocenters. The van der Waals surface area contributed by atoms with Crippen LogP contribution in [0.3, 0.4) is 0 Å². The summed E-state index contributed by atoms with van der Waals surface area (Å²) in [5.74, 6) is -0.121. The van der Waals surface area contributed by atoms with E-state index in [1.165, 1.54) is 11.3 Å². The smallest absolute Gasteiger partial charge is 0.251 e. The van der Waals surface area contributed by atoms with Crippen LogP contribution in [0.25, 0.3) is 22.3 Å². The third-order valence-electron chi connectivity index (χ3n) is 7.16. The predicted octanol–water partition coefficient (Wildman–Crippen LogP) is 5.97. The molecule has 5 nitrogen and oxygen atoms in total. The molecule has 1 aliphatic heterocycles. The number of rotatable bonds is 11. The molecule has 2 aromatic carbocycles. The highest BCUT2D eigenvalue weighted by Crippen LogP contribution is 2.35. The molecule has 1 aromatic heterocycles. The van der Waals surface area contributed by atoms with Gasteiger partial charge in [0.1, 0.15) is 0 Å². The van der Waals surface area contributed by atoms with E-state index in [9.17, 15) is 9.59 Å². The van der Waals surface area contributed by atoms with Crippen molar-refractivity contribution in [3.05, 3.63) is 71.5 Å². The Morgan fingerprint density at radius 2 is 1.60 bits per heavy atom. The maximum Gasteiger partial charge on any atom is 0.251 e. The van der Waals surface area contributed by atoms with Crippen LogP contribution >= 0.6 is 0 Å². The minimum absolute atomic E-state index is 0.259. The van der Waals surface area contributed by atoms with E-state index >= 15 is 0 Å². The summed E-state index contributed by atoms with van der Waals surface area (Å²) in [6, 6.07) is 18.8. The largest absolute Gasteiger partial charge is 0.366 e. The number of hydrogen-bond donors (Lipinski definition) is 1. The van der Waals surface area contributed by atoms with Crippen LogP contribution in [0, 0.1) is 6.92 Å². The maximum absolute atomic E-state index is 12.7. The Morgan fingerprint density at radius 1 is 0.914 bits per heavy atom. The number of benzene rings is 2. The van der Waals surface area contributed by atoms with Crippen molar-refractivity contribution in [1.82, 2.24) is 9.47 Å². The van der Waals surface area contributed by atoms with Crippen LogP contribution in [0.15, 0.2) is 54.6 Å². The van der Waals surface area contributed by atoms with Gasteiger partial charge < -0.3 is 15.2 Å². The quantitative estimate of drug-likeness (QED) is 0.350. The minimum atomic E-state index is -0.380. The molecule has 2 heterocycles. The van der Waals surface area contributed by atoms with Gasteiger partial charge in [0.25, 0.3) is 5.91 Å². The molecule has 1 aliphatic rings. The summed E-state index contributed by atoms with van der Waals surface area (Å²) in [4.78, 5) is 26.7. The van der Waals surface area contributed by atoms with Crippen molar-refractivity contribution >= 4 is 11.8 Å².